The highest BCUT2D eigenvalue weighted by Gasteiger charge is 2.06. The summed E-state index contributed by atoms with van der Waals surface area (Å²) < 4.78 is 2.25. The Hall–Kier alpha value is -0.600. The Morgan fingerprint density at radius 1 is 0.812 bits per heavy atom. The van der Waals surface area contributed by atoms with Crippen molar-refractivity contribution in [2.75, 3.05) is 0 Å². The molecule has 0 unspecified atom stereocenters. The fourth-order valence-electron chi connectivity index (χ4n) is 1.73. The van der Waals surface area contributed by atoms with Crippen molar-refractivity contribution in [2.24, 2.45) is 0 Å². The van der Waals surface area contributed by atoms with E-state index in [1.54, 1.807) is 0 Å². The Labute approximate surface area is 113 Å². The predicted molar refractivity (Wildman–Crippen MR) is 76.8 cm³/mol. The van der Waals surface area contributed by atoms with Gasteiger partial charge in [-0.05, 0) is 48.7 Å². The summed E-state index contributed by atoms with van der Waals surface area (Å²) in [6.45, 7) is 4.25. The molecule has 0 aliphatic rings. The third-order valence-electron chi connectivity index (χ3n) is 2.61. The lowest BCUT2D eigenvalue weighted by molar-refractivity contribution is 1.40. The lowest BCUT2D eigenvalue weighted by atomic mass is 9.99. The molecule has 0 bridgehead atoms. The molecule has 2 rings (SSSR count). The van der Waals surface area contributed by atoms with E-state index in [1.165, 1.54) is 22.3 Å². The van der Waals surface area contributed by atoms with Gasteiger partial charge in [-0.25, -0.2) is 0 Å². The van der Waals surface area contributed by atoms with Crippen LogP contribution in [-0.4, -0.2) is 0 Å². The van der Waals surface area contributed by atoms with Crippen molar-refractivity contribution >= 4 is 31.9 Å². The molecule has 82 valence electrons. The molecule has 0 aliphatic carbocycles. The third kappa shape index (κ3) is 2.38. The quantitative estimate of drug-likeness (QED) is 0.644. The first-order valence-corrected chi connectivity index (χ1v) is 6.69. The molecule has 0 aliphatic heterocycles. The molecule has 0 saturated carbocycles. The molecule has 0 amide bonds. The van der Waals surface area contributed by atoms with Gasteiger partial charge in [0, 0.05) is 8.95 Å². The van der Waals surface area contributed by atoms with E-state index >= 15 is 0 Å². The van der Waals surface area contributed by atoms with Gasteiger partial charge < -0.3 is 0 Å². The van der Waals surface area contributed by atoms with Crippen LogP contribution in [0.2, 0.25) is 0 Å². The molecule has 0 atom stereocenters. The van der Waals surface area contributed by atoms with Crippen LogP contribution in [0.15, 0.2) is 45.3 Å². The monoisotopic (exact) mass is 338 g/mol. The van der Waals surface area contributed by atoms with Crippen LogP contribution in [0.3, 0.4) is 0 Å². The van der Waals surface area contributed by atoms with Crippen LogP contribution in [0.5, 0.6) is 0 Å². The van der Waals surface area contributed by atoms with Gasteiger partial charge in [0.05, 0.1) is 0 Å². The van der Waals surface area contributed by atoms with E-state index < -0.39 is 0 Å². The molecule has 0 saturated heterocycles. The molecular formula is C14H12Br2. The summed E-state index contributed by atoms with van der Waals surface area (Å²) in [5.41, 5.74) is 5.08. The fourth-order valence-corrected chi connectivity index (χ4v) is 2.55. The Balaban J connectivity index is 2.66. The minimum absolute atomic E-state index is 1.11. The van der Waals surface area contributed by atoms with E-state index in [4.69, 9.17) is 0 Å². The molecule has 2 heteroatoms. The zero-order valence-electron chi connectivity index (χ0n) is 9.22. The molecule has 2 aromatic carbocycles. The first-order chi connectivity index (χ1) is 7.58. The minimum Gasteiger partial charge on any atom is -0.0582 e. The molecule has 0 N–H and O–H groups in total. The van der Waals surface area contributed by atoms with Crippen LogP contribution >= 0.6 is 31.9 Å². The van der Waals surface area contributed by atoms with Crippen LogP contribution in [0.25, 0.3) is 11.1 Å². The minimum atomic E-state index is 1.11. The number of aryl methyl sites for hydroxylation is 2. The maximum atomic E-state index is 3.61. The van der Waals surface area contributed by atoms with Gasteiger partial charge in [-0.3, -0.25) is 0 Å². The Bertz CT molecular complexity index is 481. The largest absolute Gasteiger partial charge is 0.0582 e. The highest BCUT2D eigenvalue weighted by molar-refractivity contribution is 9.10. The van der Waals surface area contributed by atoms with Crippen molar-refractivity contribution in [3.05, 3.63) is 56.5 Å². The summed E-state index contributed by atoms with van der Waals surface area (Å²) >= 11 is 7.13. The zero-order chi connectivity index (χ0) is 11.7. The van der Waals surface area contributed by atoms with Crippen LogP contribution in [0.4, 0.5) is 0 Å². The molecular weight excluding hydrogens is 328 g/mol. The van der Waals surface area contributed by atoms with Gasteiger partial charge in [0.2, 0.25) is 0 Å². The molecule has 0 spiro atoms. The molecule has 0 aromatic heterocycles. The fraction of sp³-hybridized carbons (Fsp3) is 0.143. The van der Waals surface area contributed by atoms with E-state index in [0.717, 1.165) is 8.95 Å². The van der Waals surface area contributed by atoms with Gasteiger partial charge in [-0.15, -0.1) is 0 Å². The van der Waals surface area contributed by atoms with Crippen LogP contribution < -0.4 is 0 Å². The van der Waals surface area contributed by atoms with E-state index in [1.807, 2.05) is 0 Å². The van der Waals surface area contributed by atoms with Crippen molar-refractivity contribution in [1.82, 2.24) is 0 Å². The van der Waals surface area contributed by atoms with Gasteiger partial charge in [0.1, 0.15) is 0 Å². The van der Waals surface area contributed by atoms with Crippen LogP contribution in [0, 0.1) is 13.8 Å². The molecule has 16 heavy (non-hydrogen) atoms. The number of hydrogen-bond donors (Lipinski definition) is 0. The summed E-state index contributed by atoms with van der Waals surface area (Å²) in [6, 6.07) is 12.8. The molecule has 0 radical (unpaired) electrons. The number of hydrogen-bond acceptors (Lipinski definition) is 0. The Morgan fingerprint density at radius 2 is 1.56 bits per heavy atom. The van der Waals surface area contributed by atoms with Gasteiger partial charge in [-0.2, -0.15) is 0 Å². The summed E-state index contributed by atoms with van der Waals surface area (Å²) in [7, 11) is 0. The average Bonchev–Trinajstić information content (AvgIpc) is 2.25. The molecule has 0 heterocycles. The smallest absolute Gasteiger partial charge is 0.0254 e. The topological polar surface area (TPSA) is 0 Å². The molecule has 0 nitrogen and oxygen atoms in total. The Kier molecular flexibility index (Phi) is 3.50. The maximum absolute atomic E-state index is 3.61. The van der Waals surface area contributed by atoms with Crippen molar-refractivity contribution in [1.29, 1.82) is 0 Å². The van der Waals surface area contributed by atoms with Crippen molar-refractivity contribution < 1.29 is 0 Å². The van der Waals surface area contributed by atoms with Gasteiger partial charge in [0.15, 0.2) is 0 Å². The van der Waals surface area contributed by atoms with Crippen LogP contribution in [0.1, 0.15) is 11.1 Å². The first kappa shape index (κ1) is 11.9. The lowest BCUT2D eigenvalue weighted by Crippen LogP contribution is -1.86. The van der Waals surface area contributed by atoms with E-state index in [-0.39, 0.29) is 0 Å². The second kappa shape index (κ2) is 4.72. The third-order valence-corrected chi connectivity index (χ3v) is 3.80. The number of benzene rings is 2. The number of rotatable bonds is 1. The van der Waals surface area contributed by atoms with E-state index in [0.29, 0.717) is 0 Å². The van der Waals surface area contributed by atoms with Gasteiger partial charge in [-0.1, -0.05) is 55.6 Å². The summed E-state index contributed by atoms with van der Waals surface area (Å²) in [4.78, 5) is 0. The maximum Gasteiger partial charge on any atom is 0.0254 e. The second-order valence-electron chi connectivity index (χ2n) is 3.94. The SMILES string of the molecule is Cc1ccc(Br)c(-c2cc(Br)ccc2C)c1. The standard InChI is InChI=1S/C14H12Br2/c1-9-3-6-14(16)13(7-9)12-8-11(15)5-4-10(12)2/h3-8H,1-2H3. The van der Waals surface area contributed by atoms with Crippen molar-refractivity contribution in [3.8, 4) is 11.1 Å². The van der Waals surface area contributed by atoms with Gasteiger partial charge in [0.25, 0.3) is 0 Å². The Morgan fingerprint density at radius 3 is 2.31 bits per heavy atom. The first-order valence-electron chi connectivity index (χ1n) is 5.10. The van der Waals surface area contributed by atoms with Crippen LogP contribution in [-0.2, 0) is 0 Å². The van der Waals surface area contributed by atoms with E-state index in [9.17, 15) is 0 Å². The normalized spacial score (nSPS) is 10.5. The highest BCUT2D eigenvalue weighted by Crippen LogP contribution is 2.33. The summed E-state index contributed by atoms with van der Waals surface area (Å²) in [5, 5.41) is 0. The summed E-state index contributed by atoms with van der Waals surface area (Å²) in [5.74, 6) is 0. The zero-order valence-corrected chi connectivity index (χ0v) is 12.4. The average molecular weight is 340 g/mol. The second-order valence-corrected chi connectivity index (χ2v) is 5.71. The number of halogens is 2. The predicted octanol–water partition coefficient (Wildman–Crippen LogP) is 5.50. The van der Waals surface area contributed by atoms with E-state index in [2.05, 4.69) is 82.1 Å². The lowest BCUT2D eigenvalue weighted by Gasteiger charge is -2.10. The molecule has 0 fully saturated rings. The summed E-state index contributed by atoms with van der Waals surface area (Å²) in [6.07, 6.45) is 0. The van der Waals surface area contributed by atoms with Crippen molar-refractivity contribution in [2.45, 2.75) is 13.8 Å². The highest BCUT2D eigenvalue weighted by atomic mass is 79.9. The van der Waals surface area contributed by atoms with Gasteiger partial charge >= 0.3 is 0 Å². The molecule has 2 aromatic rings. The van der Waals surface area contributed by atoms with Crippen molar-refractivity contribution in [3.63, 3.8) is 0 Å².